The topological polar surface area (TPSA) is 90.4 Å². The molecule has 0 radical (unpaired) electrons. The predicted molar refractivity (Wildman–Crippen MR) is 202 cm³/mol. The summed E-state index contributed by atoms with van der Waals surface area (Å²) in [6, 6.07) is 19.9. The van der Waals surface area contributed by atoms with Crippen LogP contribution in [0, 0.1) is 23.7 Å². The average Bonchev–Trinajstić information content (AvgIpc) is 3.73. The molecule has 3 fully saturated rings. The smallest absolute Gasteiger partial charge is 0.251 e. The maximum Gasteiger partial charge on any atom is 0.251 e. The van der Waals surface area contributed by atoms with Gasteiger partial charge in [0.1, 0.15) is 11.8 Å². The molecule has 50 heavy (non-hydrogen) atoms. The molecule has 2 bridgehead atoms. The van der Waals surface area contributed by atoms with Gasteiger partial charge in [0.25, 0.3) is 5.91 Å². The monoisotopic (exact) mass is 695 g/mol. The van der Waals surface area contributed by atoms with Crippen LogP contribution < -0.4 is 14.5 Å². The van der Waals surface area contributed by atoms with Crippen LogP contribution in [-0.2, 0) is 14.4 Å². The van der Waals surface area contributed by atoms with Crippen molar-refractivity contribution in [2.24, 2.45) is 23.7 Å². The maximum absolute atomic E-state index is 15.3. The molecule has 3 aromatic carbocycles. The molecular formula is C41H49N3O5S. The summed E-state index contributed by atoms with van der Waals surface area (Å²) in [5.74, 6) is -1.32. The standard InChI is InChI=1S/C41H49N3O5S/c1-7-21-42(30-17-19-32(20-18-30)49-10-4)38(46)35-34-23-27(6)41(50-34)36(35)39(47)44(33(25-45)26(5)9-3)37(41)40(48)43(22-8-2)31-16-15-28-13-11-12-14-29(28)24-31/h7-8,11-20,24,26-27,33-37,45H,1-2,9-10,21-23,25H2,3-6H3/t26-,27?,33-,34+,35-,36-,37?,41?/m0/s1. The summed E-state index contributed by atoms with van der Waals surface area (Å²) in [7, 11) is 0. The summed E-state index contributed by atoms with van der Waals surface area (Å²) < 4.78 is 4.79. The lowest BCUT2D eigenvalue weighted by Crippen LogP contribution is -2.60. The second-order valence-corrected chi connectivity index (χ2v) is 15.4. The molecule has 0 aromatic heterocycles. The number of carbonyl (C=O) groups excluding carboxylic acids is 3. The van der Waals surface area contributed by atoms with E-state index < -0.39 is 28.7 Å². The fourth-order valence-electron chi connectivity index (χ4n) is 8.66. The molecule has 0 aliphatic carbocycles. The number of fused-ring (bicyclic) bond motifs is 2. The van der Waals surface area contributed by atoms with E-state index in [1.54, 1.807) is 38.6 Å². The molecular weight excluding hydrogens is 647 g/mol. The van der Waals surface area contributed by atoms with E-state index in [9.17, 15) is 9.90 Å². The molecule has 3 unspecified atom stereocenters. The molecule has 8 atom stereocenters. The number of likely N-dealkylation sites (tertiary alicyclic amines) is 1. The molecule has 1 N–H and O–H groups in total. The zero-order valence-electron chi connectivity index (χ0n) is 29.5. The van der Waals surface area contributed by atoms with Crippen molar-refractivity contribution in [1.29, 1.82) is 0 Å². The Morgan fingerprint density at radius 3 is 2.26 bits per heavy atom. The number of carbonyl (C=O) groups is 3. The van der Waals surface area contributed by atoms with Crippen LogP contribution in [0.3, 0.4) is 0 Å². The summed E-state index contributed by atoms with van der Waals surface area (Å²) in [6.07, 6.45) is 4.83. The Balaban J connectivity index is 1.46. The van der Waals surface area contributed by atoms with Gasteiger partial charge in [0.05, 0.1) is 35.8 Å². The van der Waals surface area contributed by atoms with Crippen molar-refractivity contribution in [1.82, 2.24) is 4.90 Å². The van der Waals surface area contributed by atoms with Gasteiger partial charge in [0, 0.05) is 29.7 Å². The highest BCUT2D eigenvalue weighted by molar-refractivity contribution is 8.02. The number of hydrogen-bond acceptors (Lipinski definition) is 6. The van der Waals surface area contributed by atoms with Gasteiger partial charge < -0.3 is 24.5 Å². The second kappa shape index (κ2) is 14.6. The lowest BCUT2D eigenvalue weighted by Gasteiger charge is -2.43. The van der Waals surface area contributed by atoms with E-state index in [1.165, 1.54) is 0 Å². The number of hydrogen-bond donors (Lipinski definition) is 1. The van der Waals surface area contributed by atoms with Crippen LogP contribution >= 0.6 is 11.8 Å². The van der Waals surface area contributed by atoms with Crippen molar-refractivity contribution in [2.45, 2.75) is 62.6 Å². The highest BCUT2D eigenvalue weighted by Crippen LogP contribution is 2.69. The molecule has 3 aliphatic rings. The van der Waals surface area contributed by atoms with E-state index in [0.29, 0.717) is 30.9 Å². The summed E-state index contributed by atoms with van der Waals surface area (Å²) in [4.78, 5) is 50.4. The van der Waals surface area contributed by atoms with E-state index in [2.05, 4.69) is 20.1 Å². The molecule has 3 amide bonds. The number of aliphatic hydroxyl groups excluding tert-OH is 1. The number of thioether (sulfide) groups is 1. The van der Waals surface area contributed by atoms with Crippen LogP contribution in [0.1, 0.15) is 40.5 Å². The van der Waals surface area contributed by atoms with Gasteiger partial charge in [-0.3, -0.25) is 14.4 Å². The molecule has 1 spiro atoms. The average molecular weight is 696 g/mol. The van der Waals surface area contributed by atoms with Crippen molar-refractivity contribution >= 4 is 51.6 Å². The van der Waals surface area contributed by atoms with Crippen LogP contribution in [0.15, 0.2) is 92.0 Å². The maximum atomic E-state index is 15.3. The van der Waals surface area contributed by atoms with Crippen LogP contribution in [0.5, 0.6) is 5.75 Å². The van der Waals surface area contributed by atoms with E-state index in [-0.39, 0.29) is 54.5 Å². The fraction of sp³-hybridized carbons (Fsp3) is 0.439. The van der Waals surface area contributed by atoms with Gasteiger partial charge in [0.15, 0.2) is 0 Å². The lowest BCUT2D eigenvalue weighted by atomic mass is 9.65. The number of anilines is 2. The minimum atomic E-state index is -0.876. The first-order chi connectivity index (χ1) is 24.2. The van der Waals surface area contributed by atoms with Crippen molar-refractivity contribution < 1.29 is 24.2 Å². The van der Waals surface area contributed by atoms with Gasteiger partial charge in [-0.2, -0.15) is 0 Å². The Morgan fingerprint density at radius 1 is 1.00 bits per heavy atom. The first-order valence-corrected chi connectivity index (χ1v) is 18.7. The van der Waals surface area contributed by atoms with Crippen molar-refractivity contribution in [2.75, 3.05) is 36.1 Å². The van der Waals surface area contributed by atoms with Crippen molar-refractivity contribution in [3.8, 4) is 5.75 Å². The zero-order chi connectivity index (χ0) is 35.7. The van der Waals surface area contributed by atoms with Crippen LogP contribution in [0.2, 0.25) is 0 Å². The largest absolute Gasteiger partial charge is 0.494 e. The molecule has 9 heteroatoms. The minimum Gasteiger partial charge on any atom is -0.494 e. The van der Waals surface area contributed by atoms with Crippen LogP contribution in [0.25, 0.3) is 10.8 Å². The summed E-state index contributed by atoms with van der Waals surface area (Å²) in [5, 5.41) is 12.8. The van der Waals surface area contributed by atoms with Gasteiger partial charge in [-0.15, -0.1) is 24.9 Å². The van der Waals surface area contributed by atoms with E-state index in [1.807, 2.05) is 87.5 Å². The number of aliphatic hydroxyl groups is 1. The Morgan fingerprint density at radius 2 is 1.64 bits per heavy atom. The summed E-state index contributed by atoms with van der Waals surface area (Å²) in [5.41, 5.74) is 1.42. The third kappa shape index (κ3) is 5.82. The Labute approximate surface area is 300 Å². The second-order valence-electron chi connectivity index (χ2n) is 13.9. The number of nitrogens with zero attached hydrogens (tertiary/aromatic N) is 3. The Kier molecular flexibility index (Phi) is 10.5. The van der Waals surface area contributed by atoms with E-state index >= 15 is 9.59 Å². The molecule has 264 valence electrons. The number of ether oxygens (including phenoxy) is 1. The third-order valence-corrected chi connectivity index (χ3v) is 13.3. The molecule has 3 saturated heterocycles. The molecule has 3 aromatic rings. The summed E-state index contributed by atoms with van der Waals surface area (Å²) in [6.45, 7) is 16.8. The number of benzene rings is 3. The Bertz CT molecular complexity index is 1760. The molecule has 6 rings (SSSR count). The SMILES string of the molecule is C=CCN(C(=O)C1N([C@@H](CO)[C@@H](C)CC)C(=O)[C@@H]2[C@@H](C(=O)N(CC=C)c3ccc(OCC)cc3)[C@H]3CC(C)C12S3)c1ccc2ccccc2c1. The van der Waals surface area contributed by atoms with Gasteiger partial charge >= 0.3 is 0 Å². The zero-order valence-corrected chi connectivity index (χ0v) is 30.4. The first-order valence-electron chi connectivity index (χ1n) is 17.8. The Hall–Kier alpha value is -4.08. The fourth-order valence-corrected chi connectivity index (χ4v) is 11.1. The highest BCUT2D eigenvalue weighted by atomic mass is 32.2. The van der Waals surface area contributed by atoms with Gasteiger partial charge in [-0.1, -0.05) is 69.7 Å². The quantitative estimate of drug-likeness (QED) is 0.189. The minimum absolute atomic E-state index is 0.0220. The van der Waals surface area contributed by atoms with Crippen molar-refractivity contribution in [3.05, 3.63) is 92.0 Å². The van der Waals surface area contributed by atoms with Crippen LogP contribution in [-0.4, -0.2) is 76.1 Å². The predicted octanol–water partition coefficient (Wildman–Crippen LogP) is 6.72. The third-order valence-electron chi connectivity index (χ3n) is 11.2. The normalized spacial score (nSPS) is 26.4. The number of rotatable bonds is 14. The van der Waals surface area contributed by atoms with Gasteiger partial charge in [-0.25, -0.2) is 0 Å². The van der Waals surface area contributed by atoms with Gasteiger partial charge in [0.2, 0.25) is 11.8 Å². The molecule has 8 nitrogen and oxygen atoms in total. The van der Waals surface area contributed by atoms with E-state index in [4.69, 9.17) is 4.74 Å². The highest BCUT2D eigenvalue weighted by Gasteiger charge is 2.77. The first kappa shape index (κ1) is 35.7. The van der Waals surface area contributed by atoms with Crippen molar-refractivity contribution in [3.63, 3.8) is 0 Å². The van der Waals surface area contributed by atoms with Crippen LogP contribution in [0.4, 0.5) is 11.4 Å². The summed E-state index contributed by atoms with van der Waals surface area (Å²) >= 11 is 1.65. The molecule has 0 saturated carbocycles. The molecule has 3 heterocycles. The number of amides is 3. The van der Waals surface area contributed by atoms with Gasteiger partial charge in [-0.05, 0) is 72.4 Å². The lowest BCUT2D eigenvalue weighted by molar-refractivity contribution is -0.143. The van der Waals surface area contributed by atoms with E-state index in [0.717, 1.165) is 16.5 Å². The molecule has 3 aliphatic heterocycles.